The number of carbonyl (C=O) groups is 2. The average molecular weight is 317 g/mol. The molecular formula is C16H19N3O4. The van der Waals surface area contributed by atoms with Gasteiger partial charge in [-0.15, -0.1) is 0 Å². The molecule has 1 aliphatic rings. The molecule has 0 spiro atoms. The molecule has 3 N–H and O–H groups in total. The second-order valence-electron chi connectivity index (χ2n) is 5.90. The molecule has 2 aromatic heterocycles. The number of carbonyl (C=O) groups excluding carboxylic acids is 1. The molecular weight excluding hydrogens is 298 g/mol. The Morgan fingerprint density at radius 2 is 2.00 bits per heavy atom. The van der Waals surface area contributed by atoms with Crippen LogP contribution >= 0.6 is 0 Å². The van der Waals surface area contributed by atoms with E-state index in [0.717, 1.165) is 25.7 Å². The Morgan fingerprint density at radius 3 is 2.61 bits per heavy atom. The molecule has 2 aromatic rings. The lowest BCUT2D eigenvalue weighted by Crippen LogP contribution is -2.54. The number of aromatic amines is 1. The molecule has 0 atom stereocenters. The number of carboxylic acid groups (broad SMARTS) is 1. The molecule has 2 heterocycles. The van der Waals surface area contributed by atoms with Crippen molar-refractivity contribution in [2.45, 2.75) is 44.1 Å². The number of aromatic nitrogens is 2. The quantitative estimate of drug-likeness (QED) is 0.751. The Labute approximate surface area is 133 Å². The van der Waals surface area contributed by atoms with Gasteiger partial charge in [0.25, 0.3) is 5.91 Å². The van der Waals surface area contributed by atoms with Crippen LogP contribution in [0, 0.1) is 0 Å². The van der Waals surface area contributed by atoms with Gasteiger partial charge in [-0.05, 0) is 25.0 Å². The van der Waals surface area contributed by atoms with E-state index in [-0.39, 0.29) is 5.69 Å². The second-order valence-corrected chi connectivity index (χ2v) is 5.90. The van der Waals surface area contributed by atoms with E-state index in [9.17, 15) is 14.7 Å². The Hall–Kier alpha value is -2.57. The van der Waals surface area contributed by atoms with Gasteiger partial charge in [-0.2, -0.15) is 5.10 Å². The summed E-state index contributed by atoms with van der Waals surface area (Å²) in [6, 6.07) is 5.04. The highest BCUT2D eigenvalue weighted by Crippen LogP contribution is 2.28. The van der Waals surface area contributed by atoms with Crippen molar-refractivity contribution in [2.75, 3.05) is 0 Å². The number of aliphatic carboxylic acids is 1. The van der Waals surface area contributed by atoms with Gasteiger partial charge in [0, 0.05) is 6.07 Å². The maximum absolute atomic E-state index is 12.4. The van der Waals surface area contributed by atoms with Crippen LogP contribution < -0.4 is 5.32 Å². The predicted molar refractivity (Wildman–Crippen MR) is 81.8 cm³/mol. The fraction of sp³-hybridized carbons (Fsp3) is 0.438. The smallest absolute Gasteiger partial charge is 0.329 e. The van der Waals surface area contributed by atoms with E-state index in [1.165, 1.54) is 6.26 Å². The van der Waals surface area contributed by atoms with Crippen molar-refractivity contribution in [1.29, 1.82) is 0 Å². The van der Waals surface area contributed by atoms with Crippen LogP contribution in [0.1, 0.15) is 49.0 Å². The van der Waals surface area contributed by atoms with E-state index in [1.807, 2.05) is 0 Å². The molecule has 0 radical (unpaired) electrons. The predicted octanol–water partition coefficient (Wildman–Crippen LogP) is 2.58. The third-order valence-electron chi connectivity index (χ3n) is 4.32. The highest BCUT2D eigenvalue weighted by atomic mass is 16.4. The summed E-state index contributed by atoms with van der Waals surface area (Å²) in [7, 11) is 0. The zero-order chi connectivity index (χ0) is 16.3. The van der Waals surface area contributed by atoms with Crippen molar-refractivity contribution in [3.05, 3.63) is 30.2 Å². The molecule has 7 nitrogen and oxygen atoms in total. The third-order valence-corrected chi connectivity index (χ3v) is 4.32. The molecule has 0 aliphatic heterocycles. The van der Waals surface area contributed by atoms with Crippen molar-refractivity contribution >= 4 is 11.9 Å². The van der Waals surface area contributed by atoms with Crippen LogP contribution in [0.5, 0.6) is 0 Å². The molecule has 3 rings (SSSR count). The molecule has 0 saturated heterocycles. The van der Waals surface area contributed by atoms with Crippen LogP contribution in [0.3, 0.4) is 0 Å². The fourth-order valence-electron chi connectivity index (χ4n) is 3.00. The molecule has 0 aromatic carbocycles. The molecule has 1 saturated carbocycles. The minimum atomic E-state index is -1.20. The Morgan fingerprint density at radius 1 is 1.26 bits per heavy atom. The number of rotatable bonds is 4. The summed E-state index contributed by atoms with van der Waals surface area (Å²) >= 11 is 0. The Bertz CT molecular complexity index is 682. The monoisotopic (exact) mass is 317 g/mol. The van der Waals surface area contributed by atoms with Crippen LogP contribution in [0.25, 0.3) is 11.5 Å². The first kappa shape index (κ1) is 15.3. The number of hydrogen-bond acceptors (Lipinski definition) is 4. The summed E-state index contributed by atoms with van der Waals surface area (Å²) < 4.78 is 5.24. The maximum Gasteiger partial charge on any atom is 0.329 e. The minimum absolute atomic E-state index is 0.154. The van der Waals surface area contributed by atoms with Gasteiger partial charge < -0.3 is 14.8 Å². The Balaban J connectivity index is 1.78. The van der Waals surface area contributed by atoms with Gasteiger partial charge in [0.15, 0.2) is 11.5 Å². The van der Waals surface area contributed by atoms with Crippen molar-refractivity contribution in [2.24, 2.45) is 0 Å². The van der Waals surface area contributed by atoms with Gasteiger partial charge in [0.05, 0.1) is 6.26 Å². The second kappa shape index (κ2) is 6.28. The molecule has 1 aliphatic carbocycles. The summed E-state index contributed by atoms with van der Waals surface area (Å²) in [6.45, 7) is 0. The number of furan rings is 1. The highest BCUT2D eigenvalue weighted by Gasteiger charge is 2.40. The molecule has 122 valence electrons. The van der Waals surface area contributed by atoms with Gasteiger partial charge >= 0.3 is 5.97 Å². The topological polar surface area (TPSA) is 108 Å². The summed E-state index contributed by atoms with van der Waals surface area (Å²) in [6.07, 6.45) is 6.01. The molecule has 23 heavy (non-hydrogen) atoms. The average Bonchev–Trinajstić information content (AvgIpc) is 3.16. The number of carboxylic acids is 1. The summed E-state index contributed by atoms with van der Waals surface area (Å²) in [4.78, 5) is 24.2. The van der Waals surface area contributed by atoms with Crippen molar-refractivity contribution in [1.82, 2.24) is 15.5 Å². The fourth-order valence-corrected chi connectivity index (χ4v) is 3.00. The number of amides is 1. The van der Waals surface area contributed by atoms with E-state index in [0.29, 0.717) is 24.3 Å². The number of nitrogens with zero attached hydrogens (tertiary/aromatic N) is 1. The van der Waals surface area contributed by atoms with Crippen LogP contribution in [-0.4, -0.2) is 32.7 Å². The standard InChI is InChI=1S/C16H19N3O4/c20-14(12-10-11(18-19-12)13-6-5-9-23-13)17-16(15(21)22)7-3-1-2-4-8-16/h5-6,9-10H,1-4,7-8H2,(H,17,20)(H,18,19)(H,21,22). The molecule has 1 amide bonds. The third kappa shape index (κ3) is 3.13. The van der Waals surface area contributed by atoms with E-state index >= 15 is 0 Å². The maximum atomic E-state index is 12.4. The van der Waals surface area contributed by atoms with Gasteiger partial charge in [0.1, 0.15) is 11.2 Å². The normalized spacial score (nSPS) is 17.4. The largest absolute Gasteiger partial charge is 0.480 e. The molecule has 7 heteroatoms. The van der Waals surface area contributed by atoms with E-state index in [4.69, 9.17) is 4.42 Å². The summed E-state index contributed by atoms with van der Waals surface area (Å²) in [5, 5.41) is 19.0. The lowest BCUT2D eigenvalue weighted by Gasteiger charge is -2.28. The Kier molecular flexibility index (Phi) is 4.18. The minimum Gasteiger partial charge on any atom is -0.480 e. The molecule has 0 bridgehead atoms. The van der Waals surface area contributed by atoms with Crippen molar-refractivity contribution in [3.8, 4) is 11.5 Å². The van der Waals surface area contributed by atoms with Crippen LogP contribution in [0.4, 0.5) is 0 Å². The van der Waals surface area contributed by atoms with Gasteiger partial charge in [-0.1, -0.05) is 25.7 Å². The first-order chi connectivity index (χ1) is 11.1. The van der Waals surface area contributed by atoms with Gasteiger partial charge in [0.2, 0.25) is 0 Å². The molecule has 0 unspecified atom stereocenters. The number of nitrogens with one attached hydrogen (secondary N) is 2. The van der Waals surface area contributed by atoms with Crippen molar-refractivity contribution in [3.63, 3.8) is 0 Å². The van der Waals surface area contributed by atoms with Gasteiger partial charge in [-0.25, -0.2) is 4.79 Å². The number of H-pyrrole nitrogens is 1. The van der Waals surface area contributed by atoms with Crippen LogP contribution in [0.2, 0.25) is 0 Å². The van der Waals surface area contributed by atoms with E-state index < -0.39 is 17.4 Å². The lowest BCUT2D eigenvalue weighted by atomic mass is 9.90. The van der Waals surface area contributed by atoms with Crippen LogP contribution in [-0.2, 0) is 4.79 Å². The van der Waals surface area contributed by atoms with E-state index in [1.54, 1.807) is 18.2 Å². The zero-order valence-corrected chi connectivity index (χ0v) is 12.7. The zero-order valence-electron chi connectivity index (χ0n) is 12.7. The number of hydrogen-bond donors (Lipinski definition) is 3. The molecule has 1 fully saturated rings. The van der Waals surface area contributed by atoms with Gasteiger partial charge in [-0.3, -0.25) is 9.89 Å². The first-order valence-electron chi connectivity index (χ1n) is 7.76. The SMILES string of the molecule is O=C(NC1(C(=O)O)CCCCCC1)c1cc(-c2ccco2)[nH]n1. The van der Waals surface area contributed by atoms with E-state index in [2.05, 4.69) is 15.5 Å². The summed E-state index contributed by atoms with van der Waals surface area (Å²) in [5.41, 5.74) is -0.469. The lowest BCUT2D eigenvalue weighted by molar-refractivity contribution is -0.145. The highest BCUT2D eigenvalue weighted by molar-refractivity contribution is 5.97. The summed E-state index contributed by atoms with van der Waals surface area (Å²) in [5.74, 6) is -0.892. The van der Waals surface area contributed by atoms with Crippen LogP contribution in [0.15, 0.2) is 28.9 Å². The first-order valence-corrected chi connectivity index (χ1v) is 7.76. The van der Waals surface area contributed by atoms with Crippen molar-refractivity contribution < 1.29 is 19.1 Å².